The predicted molar refractivity (Wildman–Crippen MR) is 114 cm³/mol. The van der Waals surface area contributed by atoms with E-state index in [1.807, 2.05) is 42.5 Å². The molecule has 1 saturated heterocycles. The number of carbonyl (C=O) groups is 1. The molecule has 0 radical (unpaired) electrons. The summed E-state index contributed by atoms with van der Waals surface area (Å²) in [6, 6.07) is 18.4. The van der Waals surface area contributed by atoms with Crippen LogP contribution in [0.3, 0.4) is 0 Å². The van der Waals surface area contributed by atoms with Crippen LogP contribution in [0.4, 0.5) is 16.3 Å². The number of nitrogens with zero attached hydrogens (tertiary/aromatic N) is 3. The predicted octanol–water partition coefficient (Wildman–Crippen LogP) is 3.02. The van der Waals surface area contributed by atoms with Gasteiger partial charge in [0.1, 0.15) is 11.4 Å². The second-order valence-corrected chi connectivity index (χ2v) is 7.29. The fourth-order valence-corrected chi connectivity index (χ4v) is 3.96. The standard InChI is InChI=1S/C22H23N5O3/c23-20-18(14-17(25-26-20)16-8-4-5-9-19(16)28)27-12-10-22(11-13-27,30-21(24)29)15-6-2-1-3-7-15/h1-9,14,28H,10-13H2,(H2,23,26)(H2,24,29). The molecule has 4 rings (SSSR count). The van der Waals surface area contributed by atoms with Crippen LogP contribution in [0.1, 0.15) is 18.4 Å². The van der Waals surface area contributed by atoms with Crippen molar-refractivity contribution < 1.29 is 14.6 Å². The highest BCUT2D eigenvalue weighted by Gasteiger charge is 2.40. The summed E-state index contributed by atoms with van der Waals surface area (Å²) in [5, 5.41) is 18.4. The van der Waals surface area contributed by atoms with Crippen LogP contribution in [0, 0.1) is 0 Å². The number of aromatic nitrogens is 2. The van der Waals surface area contributed by atoms with Gasteiger partial charge < -0.3 is 26.2 Å². The van der Waals surface area contributed by atoms with E-state index in [1.165, 1.54) is 0 Å². The highest BCUT2D eigenvalue weighted by molar-refractivity contribution is 5.74. The van der Waals surface area contributed by atoms with Crippen molar-refractivity contribution in [2.45, 2.75) is 18.4 Å². The molecule has 0 saturated carbocycles. The topological polar surface area (TPSA) is 128 Å². The number of phenolic OH excluding ortho intramolecular Hbond substituents is 1. The number of anilines is 2. The zero-order valence-electron chi connectivity index (χ0n) is 16.4. The van der Waals surface area contributed by atoms with Crippen LogP contribution in [0.2, 0.25) is 0 Å². The molecule has 1 aliphatic rings. The van der Waals surface area contributed by atoms with E-state index in [2.05, 4.69) is 15.1 Å². The van der Waals surface area contributed by atoms with Crippen molar-refractivity contribution in [2.75, 3.05) is 23.7 Å². The van der Waals surface area contributed by atoms with Crippen LogP contribution in [0.15, 0.2) is 60.7 Å². The van der Waals surface area contributed by atoms with E-state index < -0.39 is 11.7 Å². The number of aromatic hydroxyl groups is 1. The minimum Gasteiger partial charge on any atom is -0.507 e. The first-order valence-electron chi connectivity index (χ1n) is 9.69. The summed E-state index contributed by atoms with van der Waals surface area (Å²) >= 11 is 0. The highest BCUT2D eigenvalue weighted by atomic mass is 16.6. The molecular weight excluding hydrogens is 382 g/mol. The van der Waals surface area contributed by atoms with Crippen LogP contribution in [0.5, 0.6) is 5.75 Å². The van der Waals surface area contributed by atoms with Gasteiger partial charge in [-0.15, -0.1) is 10.2 Å². The van der Waals surface area contributed by atoms with E-state index >= 15 is 0 Å². The Morgan fingerprint density at radius 2 is 1.70 bits per heavy atom. The summed E-state index contributed by atoms with van der Waals surface area (Å²) in [4.78, 5) is 13.7. The van der Waals surface area contributed by atoms with E-state index in [0.29, 0.717) is 43.0 Å². The maximum absolute atomic E-state index is 11.6. The van der Waals surface area contributed by atoms with Crippen molar-refractivity contribution >= 4 is 17.6 Å². The maximum atomic E-state index is 11.6. The Morgan fingerprint density at radius 3 is 2.37 bits per heavy atom. The van der Waals surface area contributed by atoms with Gasteiger partial charge in [0.15, 0.2) is 5.82 Å². The van der Waals surface area contributed by atoms with Crippen LogP contribution in [-0.4, -0.2) is 34.5 Å². The zero-order chi connectivity index (χ0) is 21.1. The normalized spacial score (nSPS) is 15.5. The number of piperidine rings is 1. The molecule has 154 valence electrons. The molecule has 8 heteroatoms. The molecule has 30 heavy (non-hydrogen) atoms. The van der Waals surface area contributed by atoms with E-state index in [1.54, 1.807) is 18.2 Å². The lowest BCUT2D eigenvalue weighted by molar-refractivity contribution is -0.00660. The number of nitrogen functional groups attached to an aromatic ring is 1. The SMILES string of the molecule is NC(=O)OC1(c2ccccc2)CCN(c2cc(-c3ccccc3O)nnc2N)CC1. The van der Waals surface area contributed by atoms with Gasteiger partial charge in [0.05, 0.1) is 11.4 Å². The van der Waals surface area contributed by atoms with E-state index in [4.69, 9.17) is 16.2 Å². The Hall–Kier alpha value is -3.81. The van der Waals surface area contributed by atoms with Crippen molar-refractivity contribution in [1.29, 1.82) is 0 Å². The molecule has 1 fully saturated rings. The first kappa shape index (κ1) is 19.5. The Kier molecular flexibility index (Phi) is 5.14. The van der Waals surface area contributed by atoms with E-state index in [0.717, 1.165) is 11.3 Å². The summed E-state index contributed by atoms with van der Waals surface area (Å²) in [6.45, 7) is 1.16. The molecule has 0 atom stereocenters. The first-order valence-corrected chi connectivity index (χ1v) is 9.69. The quantitative estimate of drug-likeness (QED) is 0.609. The van der Waals surface area contributed by atoms with Gasteiger partial charge in [-0.3, -0.25) is 0 Å². The fraction of sp³-hybridized carbons (Fsp3) is 0.227. The third kappa shape index (κ3) is 3.71. The summed E-state index contributed by atoms with van der Waals surface area (Å²) in [7, 11) is 0. The number of rotatable bonds is 4. The average Bonchev–Trinajstić information content (AvgIpc) is 2.75. The molecule has 3 aromatic rings. The number of primary amides is 1. The second-order valence-electron chi connectivity index (χ2n) is 7.29. The number of carbonyl (C=O) groups excluding carboxylic acids is 1. The van der Waals surface area contributed by atoms with Gasteiger partial charge in [0, 0.05) is 31.5 Å². The van der Waals surface area contributed by atoms with Gasteiger partial charge >= 0.3 is 6.09 Å². The van der Waals surface area contributed by atoms with Gasteiger partial charge in [0.25, 0.3) is 0 Å². The lowest BCUT2D eigenvalue weighted by Gasteiger charge is -2.42. The van der Waals surface area contributed by atoms with Gasteiger partial charge in [-0.1, -0.05) is 42.5 Å². The maximum Gasteiger partial charge on any atom is 0.405 e. The largest absolute Gasteiger partial charge is 0.507 e. The van der Waals surface area contributed by atoms with Gasteiger partial charge in [-0.05, 0) is 23.8 Å². The fourth-order valence-electron chi connectivity index (χ4n) is 3.96. The lowest BCUT2D eigenvalue weighted by Crippen LogP contribution is -2.46. The third-order valence-corrected chi connectivity index (χ3v) is 5.49. The Labute approximate surface area is 174 Å². The molecule has 0 bridgehead atoms. The number of benzene rings is 2. The van der Waals surface area contributed by atoms with Crippen LogP contribution < -0.4 is 16.4 Å². The van der Waals surface area contributed by atoms with Gasteiger partial charge in [0.2, 0.25) is 0 Å². The van der Waals surface area contributed by atoms with Crippen molar-refractivity contribution in [1.82, 2.24) is 10.2 Å². The second kappa shape index (κ2) is 7.90. The van der Waals surface area contributed by atoms with Crippen LogP contribution >= 0.6 is 0 Å². The van der Waals surface area contributed by atoms with Crippen molar-refractivity contribution in [2.24, 2.45) is 5.73 Å². The number of ether oxygens (including phenoxy) is 1. The molecule has 1 amide bonds. The third-order valence-electron chi connectivity index (χ3n) is 5.49. The molecule has 0 aliphatic carbocycles. The summed E-state index contributed by atoms with van der Waals surface area (Å²) in [5.41, 5.74) is 13.5. The summed E-state index contributed by atoms with van der Waals surface area (Å²) in [5.74, 6) is 0.427. The molecule has 1 aromatic heterocycles. The number of phenols is 1. The Bertz CT molecular complexity index is 1050. The van der Waals surface area contributed by atoms with Crippen molar-refractivity contribution in [3.8, 4) is 17.0 Å². The molecule has 0 spiro atoms. The highest BCUT2D eigenvalue weighted by Crippen LogP contribution is 2.39. The van der Waals surface area contributed by atoms with E-state index in [9.17, 15) is 9.90 Å². The molecule has 1 aliphatic heterocycles. The van der Waals surface area contributed by atoms with Crippen LogP contribution in [0.25, 0.3) is 11.3 Å². The summed E-state index contributed by atoms with van der Waals surface area (Å²) < 4.78 is 5.61. The molecule has 8 nitrogen and oxygen atoms in total. The number of amides is 1. The molecule has 5 N–H and O–H groups in total. The molecular formula is C22H23N5O3. The van der Waals surface area contributed by atoms with Gasteiger partial charge in [-0.2, -0.15) is 0 Å². The molecule has 2 aromatic carbocycles. The first-order chi connectivity index (χ1) is 14.5. The zero-order valence-corrected chi connectivity index (χ0v) is 16.4. The molecule has 0 unspecified atom stereocenters. The number of hydrogen-bond acceptors (Lipinski definition) is 7. The molecule has 2 heterocycles. The lowest BCUT2D eigenvalue weighted by atomic mass is 9.84. The van der Waals surface area contributed by atoms with Gasteiger partial charge in [-0.25, -0.2) is 4.79 Å². The monoisotopic (exact) mass is 405 g/mol. The van der Waals surface area contributed by atoms with E-state index in [-0.39, 0.29) is 5.75 Å². The van der Waals surface area contributed by atoms with Crippen molar-refractivity contribution in [3.05, 3.63) is 66.2 Å². The minimum absolute atomic E-state index is 0.124. The number of nitrogens with two attached hydrogens (primary N) is 2. The van der Waals surface area contributed by atoms with Crippen LogP contribution in [-0.2, 0) is 10.3 Å². The van der Waals surface area contributed by atoms with Crippen molar-refractivity contribution in [3.63, 3.8) is 0 Å². The Balaban J connectivity index is 1.61. The number of hydrogen-bond donors (Lipinski definition) is 3. The Morgan fingerprint density at radius 1 is 1.03 bits per heavy atom. The smallest absolute Gasteiger partial charge is 0.405 e. The number of para-hydroxylation sites is 1. The summed E-state index contributed by atoms with van der Waals surface area (Å²) in [6.07, 6.45) is 0.306. The minimum atomic E-state index is -0.792. The average molecular weight is 405 g/mol.